The Balaban J connectivity index is 1.35. The van der Waals surface area contributed by atoms with Gasteiger partial charge in [-0.05, 0) is 57.0 Å². The molecule has 3 N–H and O–H groups in total. The van der Waals surface area contributed by atoms with Crippen LogP contribution in [-0.4, -0.2) is 57.2 Å². The van der Waals surface area contributed by atoms with E-state index in [1.807, 2.05) is 0 Å². The molecule has 0 radical (unpaired) electrons. The van der Waals surface area contributed by atoms with E-state index in [4.69, 9.17) is 4.74 Å². The van der Waals surface area contributed by atoms with Gasteiger partial charge in [0.15, 0.2) is 0 Å². The van der Waals surface area contributed by atoms with E-state index in [-0.39, 0.29) is 42.6 Å². The Hall–Kier alpha value is -4.61. The van der Waals surface area contributed by atoms with E-state index in [1.54, 1.807) is 39.1 Å². The van der Waals surface area contributed by atoms with Crippen LogP contribution in [0.25, 0.3) is 0 Å². The van der Waals surface area contributed by atoms with E-state index in [0.29, 0.717) is 5.69 Å². The Kier molecular flexibility index (Phi) is 7.24. The predicted octanol–water partition coefficient (Wildman–Crippen LogP) is 1.44. The number of nitrogens with one attached hydrogen (secondary N) is 3. The molecule has 198 valence electrons. The minimum atomic E-state index is -1.08. The third-order valence-electron chi connectivity index (χ3n) is 5.85. The number of piperidine rings is 1. The number of aromatic nitrogens is 1. The van der Waals surface area contributed by atoms with Crippen LogP contribution in [0.3, 0.4) is 0 Å². The lowest BCUT2D eigenvalue weighted by Gasteiger charge is -2.27. The number of amides is 6. The number of nitrogens with zero attached hydrogens (tertiary/aromatic N) is 2. The maximum Gasteiger partial charge on any atom is 0.407 e. The molecule has 2 aromatic rings. The summed E-state index contributed by atoms with van der Waals surface area (Å²) in [7, 11) is 0. The fourth-order valence-corrected chi connectivity index (χ4v) is 4.04. The van der Waals surface area contributed by atoms with Crippen molar-refractivity contribution in [3.63, 3.8) is 0 Å². The van der Waals surface area contributed by atoms with Gasteiger partial charge in [-0.15, -0.1) is 0 Å². The predicted molar refractivity (Wildman–Crippen MR) is 132 cm³/mol. The highest BCUT2D eigenvalue weighted by Crippen LogP contribution is 2.28. The maximum absolute atomic E-state index is 12.9. The summed E-state index contributed by atoms with van der Waals surface area (Å²) in [5.74, 6) is -2.97. The van der Waals surface area contributed by atoms with Gasteiger partial charge in [0.1, 0.15) is 11.6 Å². The van der Waals surface area contributed by atoms with E-state index in [0.717, 1.165) is 10.5 Å². The van der Waals surface area contributed by atoms with Gasteiger partial charge in [0.25, 0.3) is 17.7 Å². The highest BCUT2D eigenvalue weighted by atomic mass is 16.6. The minimum absolute atomic E-state index is 0.0206. The summed E-state index contributed by atoms with van der Waals surface area (Å²) in [6.45, 7) is 5.64. The SMILES string of the molecule is CC(C)(C)OC(=O)NCc1ccc(CNC(=O)c2ccc3c(c2)C(=O)N(C2CCC(=O)NC2=O)C3=O)nc1. The summed E-state index contributed by atoms with van der Waals surface area (Å²) in [4.78, 5) is 79.0. The first kappa shape index (κ1) is 26.5. The molecule has 12 heteroatoms. The number of carbonyl (C=O) groups is 6. The molecule has 0 spiro atoms. The van der Waals surface area contributed by atoms with Crippen molar-refractivity contribution in [1.29, 1.82) is 0 Å². The largest absolute Gasteiger partial charge is 0.444 e. The second kappa shape index (κ2) is 10.4. The fourth-order valence-electron chi connectivity index (χ4n) is 4.04. The normalized spacial score (nSPS) is 17.1. The third-order valence-corrected chi connectivity index (χ3v) is 5.85. The number of rotatable bonds is 6. The summed E-state index contributed by atoms with van der Waals surface area (Å²) >= 11 is 0. The molecule has 1 fully saturated rings. The van der Waals surface area contributed by atoms with Crippen LogP contribution in [0.4, 0.5) is 4.79 Å². The molecule has 1 saturated heterocycles. The van der Waals surface area contributed by atoms with Gasteiger partial charge in [0.2, 0.25) is 11.8 Å². The van der Waals surface area contributed by atoms with Crippen molar-refractivity contribution in [2.75, 3.05) is 0 Å². The van der Waals surface area contributed by atoms with Gasteiger partial charge in [-0.3, -0.25) is 39.2 Å². The molecule has 2 aliphatic heterocycles. The number of alkyl carbamates (subject to hydrolysis) is 1. The maximum atomic E-state index is 12.9. The number of fused-ring (bicyclic) bond motifs is 1. The Labute approximate surface area is 218 Å². The lowest BCUT2D eigenvalue weighted by Crippen LogP contribution is -2.54. The standard InChI is InChI=1S/C26H27N5O7/c1-26(2,3)38-25(37)29-12-14-4-6-16(27-11-14)13-28-21(33)15-5-7-17-18(10-15)24(36)31(23(17)35)19-8-9-20(32)30-22(19)34/h4-7,10-11,19H,8-9,12-13H2,1-3H3,(H,28,33)(H,29,37)(H,30,32,34). The van der Waals surface area contributed by atoms with Crippen LogP contribution in [0.1, 0.15) is 75.9 Å². The molecule has 1 aromatic carbocycles. The van der Waals surface area contributed by atoms with Gasteiger partial charge in [0.05, 0.1) is 23.4 Å². The second-order valence-corrected chi connectivity index (χ2v) is 9.90. The van der Waals surface area contributed by atoms with Crippen molar-refractivity contribution < 1.29 is 33.5 Å². The quantitative estimate of drug-likeness (QED) is 0.481. The molecule has 0 bridgehead atoms. The first-order valence-corrected chi connectivity index (χ1v) is 12.0. The molecular weight excluding hydrogens is 494 g/mol. The first-order chi connectivity index (χ1) is 17.9. The van der Waals surface area contributed by atoms with Gasteiger partial charge in [-0.1, -0.05) is 6.07 Å². The van der Waals surface area contributed by atoms with Gasteiger partial charge in [0, 0.05) is 24.7 Å². The number of carbonyl (C=O) groups excluding carboxylic acids is 6. The van der Waals surface area contributed by atoms with Gasteiger partial charge in [-0.25, -0.2) is 4.79 Å². The van der Waals surface area contributed by atoms with Crippen LogP contribution in [0.15, 0.2) is 36.5 Å². The molecule has 1 unspecified atom stereocenters. The smallest absolute Gasteiger partial charge is 0.407 e. The zero-order valence-corrected chi connectivity index (χ0v) is 21.1. The monoisotopic (exact) mass is 521 g/mol. The number of imide groups is 2. The average molecular weight is 522 g/mol. The third kappa shape index (κ3) is 5.85. The fraction of sp³-hybridized carbons (Fsp3) is 0.346. The molecule has 6 amide bonds. The summed E-state index contributed by atoms with van der Waals surface area (Å²) in [6.07, 6.45) is 1.10. The van der Waals surface area contributed by atoms with Crippen molar-refractivity contribution in [3.8, 4) is 0 Å². The van der Waals surface area contributed by atoms with E-state index in [9.17, 15) is 28.8 Å². The molecule has 12 nitrogen and oxygen atoms in total. The van der Waals surface area contributed by atoms with Crippen molar-refractivity contribution in [2.45, 2.75) is 58.3 Å². The molecule has 0 saturated carbocycles. The topological polar surface area (TPSA) is 164 Å². The lowest BCUT2D eigenvalue weighted by atomic mass is 10.0. The summed E-state index contributed by atoms with van der Waals surface area (Å²) < 4.78 is 5.19. The molecule has 4 rings (SSSR count). The van der Waals surface area contributed by atoms with Gasteiger partial charge in [-0.2, -0.15) is 0 Å². The summed E-state index contributed by atoms with van der Waals surface area (Å²) in [6, 6.07) is 6.50. The average Bonchev–Trinajstić information content (AvgIpc) is 3.10. The Morgan fingerprint density at radius 3 is 2.42 bits per heavy atom. The number of pyridine rings is 1. The highest BCUT2D eigenvalue weighted by molar-refractivity contribution is 6.24. The minimum Gasteiger partial charge on any atom is -0.444 e. The Bertz CT molecular complexity index is 1330. The van der Waals surface area contributed by atoms with E-state index >= 15 is 0 Å². The van der Waals surface area contributed by atoms with Crippen molar-refractivity contribution in [2.24, 2.45) is 0 Å². The van der Waals surface area contributed by atoms with Crippen molar-refractivity contribution in [1.82, 2.24) is 25.8 Å². The molecule has 1 atom stereocenters. The van der Waals surface area contributed by atoms with Crippen LogP contribution in [0, 0.1) is 0 Å². The lowest BCUT2D eigenvalue weighted by molar-refractivity contribution is -0.136. The second-order valence-electron chi connectivity index (χ2n) is 9.90. The van der Waals surface area contributed by atoms with Crippen molar-refractivity contribution in [3.05, 3.63) is 64.5 Å². The summed E-state index contributed by atoms with van der Waals surface area (Å²) in [5.41, 5.74) is 0.983. The Morgan fingerprint density at radius 1 is 1.03 bits per heavy atom. The number of hydrogen-bond acceptors (Lipinski definition) is 8. The first-order valence-electron chi connectivity index (χ1n) is 12.0. The van der Waals surface area contributed by atoms with Crippen LogP contribution in [0.5, 0.6) is 0 Å². The van der Waals surface area contributed by atoms with Gasteiger partial charge >= 0.3 is 6.09 Å². The molecule has 38 heavy (non-hydrogen) atoms. The molecule has 2 aliphatic rings. The molecule has 3 heterocycles. The van der Waals surface area contributed by atoms with Gasteiger partial charge < -0.3 is 15.4 Å². The highest BCUT2D eigenvalue weighted by Gasteiger charge is 2.44. The summed E-state index contributed by atoms with van der Waals surface area (Å²) in [5, 5.41) is 7.49. The van der Waals surface area contributed by atoms with Crippen LogP contribution < -0.4 is 16.0 Å². The number of benzene rings is 1. The van der Waals surface area contributed by atoms with Crippen LogP contribution in [-0.2, 0) is 27.4 Å². The van der Waals surface area contributed by atoms with Crippen LogP contribution >= 0.6 is 0 Å². The van der Waals surface area contributed by atoms with E-state index in [1.165, 1.54) is 18.2 Å². The molecule has 0 aliphatic carbocycles. The molecule has 1 aromatic heterocycles. The Morgan fingerprint density at radius 2 is 1.76 bits per heavy atom. The zero-order valence-electron chi connectivity index (χ0n) is 21.1. The molecular formula is C26H27N5O7. The van der Waals surface area contributed by atoms with E-state index in [2.05, 4.69) is 20.9 Å². The van der Waals surface area contributed by atoms with Crippen molar-refractivity contribution >= 4 is 35.6 Å². The van der Waals surface area contributed by atoms with Crippen LogP contribution in [0.2, 0.25) is 0 Å². The number of hydrogen-bond donors (Lipinski definition) is 3. The zero-order chi connectivity index (χ0) is 27.6. The number of ether oxygens (including phenoxy) is 1. The van der Waals surface area contributed by atoms with E-state index < -0.39 is 47.3 Å².